The van der Waals surface area contributed by atoms with Gasteiger partial charge in [0.2, 0.25) is 0 Å². The number of anilines is 5. The Bertz CT molecular complexity index is 7420. The van der Waals surface area contributed by atoms with Crippen molar-refractivity contribution in [3.05, 3.63) is 250 Å². The summed E-state index contributed by atoms with van der Waals surface area (Å²) in [5.41, 5.74) is 47.5. The number of imidazole rings is 2. The van der Waals surface area contributed by atoms with Crippen LogP contribution in [-0.4, -0.2) is 161 Å². The first kappa shape index (κ1) is 104. The minimum Gasteiger partial charge on any atom is -0.396 e. The summed E-state index contributed by atoms with van der Waals surface area (Å²) in [6.07, 6.45) is 31.4. The maximum absolute atomic E-state index is 13.5. The molecule has 0 saturated heterocycles. The minimum atomic E-state index is -1.20. The molecule has 0 aliphatic heterocycles. The molecule has 3 aromatic carbocycles. The highest BCUT2D eigenvalue weighted by Crippen LogP contribution is 2.49. The molecule has 1 unspecified atom stereocenters. The van der Waals surface area contributed by atoms with Crippen LogP contribution in [0.3, 0.4) is 0 Å². The van der Waals surface area contributed by atoms with Gasteiger partial charge in [0.05, 0.1) is 151 Å². The molecule has 0 fully saturated rings. The monoisotopic (exact) mass is 2130 g/mol. The summed E-state index contributed by atoms with van der Waals surface area (Å²) in [6, 6.07) is 41.0. The Balaban J connectivity index is 0.000000130. The van der Waals surface area contributed by atoms with Gasteiger partial charge in [0.25, 0.3) is 0 Å². The predicted octanol–water partition coefficient (Wildman–Crippen LogP) is 22.1. The maximum atomic E-state index is 13.5. The van der Waals surface area contributed by atoms with Crippen molar-refractivity contribution in [1.82, 2.24) is 83.9 Å². The van der Waals surface area contributed by atoms with Gasteiger partial charge in [0.15, 0.2) is 17.5 Å². The molecule has 0 spiro atoms. The largest absolute Gasteiger partial charge is 0.396 e. The Hall–Kier alpha value is -13.4. The van der Waals surface area contributed by atoms with E-state index in [4.69, 9.17) is 63.1 Å². The molecule has 0 aliphatic carbocycles. The van der Waals surface area contributed by atoms with Crippen LogP contribution in [0.5, 0.6) is 0 Å². The first-order valence-electron chi connectivity index (χ1n) is 45.8. The molecule has 0 bridgehead atoms. The number of thiophene rings is 5. The third-order valence-electron chi connectivity index (χ3n) is 22.4. The number of aromatic nitrogens is 17. The van der Waals surface area contributed by atoms with E-state index in [1.807, 2.05) is 108 Å². The van der Waals surface area contributed by atoms with Gasteiger partial charge >= 0.3 is 0 Å². The Labute approximate surface area is 865 Å². The number of fused-ring (bicyclic) bond motifs is 5. The van der Waals surface area contributed by atoms with E-state index in [9.17, 15) is 34.2 Å². The summed E-state index contributed by atoms with van der Waals surface area (Å²) in [7, 11) is 1.13. The molecule has 145 heavy (non-hydrogen) atoms. The lowest BCUT2D eigenvalue weighted by Gasteiger charge is -2.07. The van der Waals surface area contributed by atoms with Crippen LogP contribution in [0.1, 0.15) is 72.1 Å². The van der Waals surface area contributed by atoms with Crippen molar-refractivity contribution in [2.75, 3.05) is 84.9 Å². The van der Waals surface area contributed by atoms with Crippen molar-refractivity contribution in [2.45, 2.75) is 93.2 Å². The van der Waals surface area contributed by atoms with Gasteiger partial charge in [-0.15, -0.1) is 56.7 Å². The van der Waals surface area contributed by atoms with Crippen LogP contribution >= 0.6 is 56.7 Å². The molecule has 5 atom stereocenters. The van der Waals surface area contributed by atoms with E-state index in [0.29, 0.717) is 170 Å². The molecular formula is C103H99F3N22O7S10. The molecule has 744 valence electrons. The van der Waals surface area contributed by atoms with E-state index in [1.54, 1.807) is 125 Å². The number of aryl methyl sites for hydroxylation is 2. The minimum absolute atomic E-state index is 0.328. The number of methoxy groups -OCH3 is 2. The summed E-state index contributed by atoms with van der Waals surface area (Å²) < 4.78 is 121. The molecule has 42 heteroatoms. The summed E-state index contributed by atoms with van der Waals surface area (Å²) in [6.45, 7) is 7.32. The fourth-order valence-electron chi connectivity index (χ4n) is 15.2. The maximum Gasteiger partial charge on any atom is 0.162 e. The van der Waals surface area contributed by atoms with Crippen molar-refractivity contribution in [3.63, 3.8) is 0 Å². The average Bonchev–Trinajstić information content (AvgIpc) is 1.63. The first-order chi connectivity index (χ1) is 70.4. The number of benzene rings is 3. The summed E-state index contributed by atoms with van der Waals surface area (Å²) >= 11 is 6.76. The second-order valence-electron chi connectivity index (χ2n) is 32.8. The zero-order chi connectivity index (χ0) is 102. The van der Waals surface area contributed by atoms with Crippen LogP contribution in [0.4, 0.5) is 41.6 Å². The lowest BCUT2D eigenvalue weighted by molar-refractivity contribution is 0.200. The fraction of sp³-hybridized carbons (Fsp3) is 0.214. The number of pyridine rings is 7. The molecule has 17 aromatic heterocycles. The van der Waals surface area contributed by atoms with E-state index in [2.05, 4.69) is 70.6 Å². The van der Waals surface area contributed by atoms with E-state index >= 15 is 0 Å². The third kappa shape index (κ3) is 24.6. The van der Waals surface area contributed by atoms with Crippen LogP contribution in [0.25, 0.3) is 164 Å². The molecule has 0 radical (unpaired) electrons. The highest BCUT2D eigenvalue weighted by molar-refractivity contribution is 7.89. The number of hydrogen-bond acceptors (Lipinski definition) is 32. The number of nitrogens with two attached hydrogens (primary N) is 5. The van der Waals surface area contributed by atoms with Gasteiger partial charge in [-0.05, 0) is 178 Å². The van der Waals surface area contributed by atoms with Gasteiger partial charge in [-0.25, -0.2) is 63.0 Å². The second kappa shape index (κ2) is 49.0. The van der Waals surface area contributed by atoms with E-state index in [0.717, 1.165) is 137 Å². The molecule has 10 N–H and O–H groups in total. The number of ether oxygens (including phenoxy) is 2. The van der Waals surface area contributed by atoms with Crippen LogP contribution < -0.4 is 28.7 Å². The van der Waals surface area contributed by atoms with Crippen LogP contribution in [-0.2, 0) is 77.6 Å². The molecule has 20 aromatic rings. The van der Waals surface area contributed by atoms with Crippen molar-refractivity contribution >= 4 is 190 Å². The Morgan fingerprint density at radius 1 is 0.317 bits per heavy atom. The molecule has 20 rings (SSSR count). The van der Waals surface area contributed by atoms with Crippen LogP contribution in [0.2, 0.25) is 0 Å². The van der Waals surface area contributed by atoms with Gasteiger partial charge in [-0.3, -0.25) is 46.0 Å². The number of nitrogen functional groups attached to an aromatic ring is 5. The molecular weight excluding hydrogens is 2030 g/mol. The second-order valence-corrected chi connectivity index (χ2v) is 46.6. The number of nitrogens with zero attached hydrogens (tertiary/aromatic N) is 17. The Kier molecular flexibility index (Phi) is 35.3. The van der Waals surface area contributed by atoms with Gasteiger partial charge < -0.3 is 47.3 Å². The van der Waals surface area contributed by atoms with Crippen molar-refractivity contribution in [1.29, 1.82) is 0 Å². The van der Waals surface area contributed by atoms with E-state index in [-0.39, 0.29) is 17.5 Å². The van der Waals surface area contributed by atoms with Crippen molar-refractivity contribution < 1.29 is 43.7 Å². The van der Waals surface area contributed by atoms with Crippen molar-refractivity contribution in [2.24, 2.45) is 14.1 Å². The van der Waals surface area contributed by atoms with Gasteiger partial charge in [0, 0.05) is 211 Å². The van der Waals surface area contributed by atoms with Crippen LogP contribution in [0.15, 0.2) is 254 Å². The zero-order valence-electron chi connectivity index (χ0n) is 79.6. The number of halogens is 3. The van der Waals surface area contributed by atoms with Gasteiger partial charge in [-0.1, -0.05) is 40.0 Å². The number of rotatable bonds is 32. The first-order valence-corrected chi connectivity index (χ1v) is 56.5. The molecule has 29 nitrogen and oxygen atoms in total. The van der Waals surface area contributed by atoms with Gasteiger partial charge in [-0.2, -0.15) is 0 Å². The van der Waals surface area contributed by atoms with Crippen molar-refractivity contribution in [3.8, 4) is 113 Å². The number of hydrogen-bond donors (Lipinski definition) is 5. The predicted molar refractivity (Wildman–Crippen MR) is 584 cm³/mol. The molecule has 0 amide bonds. The fourth-order valence-corrected chi connectivity index (χ4v) is 28.7. The van der Waals surface area contributed by atoms with E-state index < -0.39 is 54.0 Å². The SMILES string of the molecule is CCCCS(=O)c1sc2nc(-c3cccnc3)nc(-c3ccc(F)cc3)c2c1N.CCCC[S@@](=O)c1sc2nc(-c3cccnc3)nc(-c3ccc(F)cc3)c2c1N.CCCC[S@](=O)c1sc2nc(-c3cccnc3)nc(-c3ccc(F)cc3)c2c1N.COCCC[S@@](=O)c1sc2nc(-c3cccnc3)cc(-c3cn(C)cn3)c2c1N.COCCC[S@](=O)c1sc2nc(-c3cccnc3)cc(-c3cn(C)cn3)c2c1N. The summed E-state index contributed by atoms with van der Waals surface area (Å²) in [5, 5.41) is 3.59. The molecule has 0 aliphatic rings. The topological polar surface area (TPSA) is 437 Å². The molecule has 0 saturated carbocycles. The lowest BCUT2D eigenvalue weighted by atomic mass is 10.1. The summed E-state index contributed by atoms with van der Waals surface area (Å²) in [4.78, 5) is 71.1. The van der Waals surface area contributed by atoms with Gasteiger partial charge in [0.1, 0.15) is 62.6 Å². The highest BCUT2D eigenvalue weighted by Gasteiger charge is 2.30. The molecule has 17 heterocycles. The smallest absolute Gasteiger partial charge is 0.162 e. The van der Waals surface area contributed by atoms with Crippen LogP contribution in [0, 0.1) is 17.5 Å². The van der Waals surface area contributed by atoms with E-state index in [1.165, 1.54) is 93.1 Å². The normalized spacial score (nSPS) is 12.4. The Morgan fingerprint density at radius 3 is 0.814 bits per heavy atom. The quantitative estimate of drug-likeness (QED) is 0.0244. The average molecular weight is 2130 g/mol. The number of unbranched alkanes of at least 4 members (excludes halogenated alkanes) is 3. The zero-order valence-corrected chi connectivity index (χ0v) is 87.8. The standard InChI is InChI=1S/3C21H19FN4OS2.2C20H21N5O2S2/c3*1-2-3-11-29(27)21-17(23)16-18(13-6-8-15(22)9-7-13)25-19(26-20(16)28-21)14-5-4-10-24-12-14;2*1-25-11-16(23-12-25)14-9-15(13-5-3-6-22-10-13)24-19-17(14)18(21)20(28-19)29(26)8-4-7-27-2/h3*4-10,12H,2-3,11,23H2,1H3;2*3,5-6,9-12H,4,7-8,21H2,1-2H3/t2*29-;;2*29-/m10.10/s1. The highest BCUT2D eigenvalue weighted by atomic mass is 32.2. The summed E-state index contributed by atoms with van der Waals surface area (Å²) in [5.74, 6) is 3.18. The third-order valence-corrected chi connectivity index (χ3v) is 37.4. The Morgan fingerprint density at radius 2 is 0.572 bits per heavy atom. The lowest BCUT2D eigenvalue weighted by Crippen LogP contribution is -2.02.